The molecule has 2 N–H and O–H groups in total. The number of carbonyl (C=O) groups excluding carboxylic acids is 1. The maximum atomic E-state index is 12.1. The summed E-state index contributed by atoms with van der Waals surface area (Å²) in [6.45, 7) is 8.59. The van der Waals surface area contributed by atoms with Crippen LogP contribution in [0.4, 0.5) is 4.79 Å². The van der Waals surface area contributed by atoms with Crippen LogP contribution in [-0.4, -0.2) is 19.4 Å². The highest BCUT2D eigenvalue weighted by Crippen LogP contribution is 2.26. The van der Waals surface area contributed by atoms with Gasteiger partial charge in [0.25, 0.3) is 0 Å². The van der Waals surface area contributed by atoms with Crippen LogP contribution in [0.2, 0.25) is 0 Å². The molecule has 0 saturated heterocycles. The van der Waals surface area contributed by atoms with Crippen molar-refractivity contribution < 1.29 is 14.3 Å². The van der Waals surface area contributed by atoms with Gasteiger partial charge in [0.2, 0.25) is 0 Å². The van der Waals surface area contributed by atoms with Crippen molar-refractivity contribution in [3.8, 4) is 11.5 Å². The minimum atomic E-state index is -0.288. The molecule has 0 fully saturated rings. The van der Waals surface area contributed by atoms with Crippen molar-refractivity contribution in [1.29, 1.82) is 0 Å². The Bertz CT molecular complexity index is 699. The summed E-state index contributed by atoms with van der Waals surface area (Å²) in [6.07, 6.45) is 0. The second kappa shape index (κ2) is 8.97. The van der Waals surface area contributed by atoms with Crippen LogP contribution in [-0.2, 0) is 0 Å². The quantitative estimate of drug-likeness (QED) is 0.745. The van der Waals surface area contributed by atoms with Gasteiger partial charge in [-0.2, -0.15) is 0 Å². The van der Waals surface area contributed by atoms with Crippen molar-refractivity contribution in [2.45, 2.75) is 33.7 Å². The zero-order valence-electron chi connectivity index (χ0n) is 15.3. The van der Waals surface area contributed by atoms with E-state index in [1.807, 2.05) is 70.2 Å². The van der Waals surface area contributed by atoms with Crippen molar-refractivity contribution in [2.24, 2.45) is 0 Å². The Morgan fingerprint density at radius 3 is 2.40 bits per heavy atom. The van der Waals surface area contributed by atoms with Crippen molar-refractivity contribution in [2.75, 3.05) is 13.3 Å². The molecule has 0 aliphatic rings. The zero-order chi connectivity index (χ0) is 18.2. The van der Waals surface area contributed by atoms with Crippen LogP contribution in [0.15, 0.2) is 42.5 Å². The fourth-order valence-corrected chi connectivity index (χ4v) is 2.44. The molecule has 5 heteroatoms. The molecular weight excluding hydrogens is 316 g/mol. The van der Waals surface area contributed by atoms with Gasteiger partial charge in [-0.15, -0.1) is 0 Å². The first-order valence-electron chi connectivity index (χ1n) is 8.46. The first kappa shape index (κ1) is 18.6. The molecule has 25 heavy (non-hydrogen) atoms. The molecule has 0 heterocycles. The molecule has 0 aliphatic carbocycles. The lowest BCUT2D eigenvalue weighted by molar-refractivity contribution is 0.221. The molecular formula is C20H26N2O3. The van der Waals surface area contributed by atoms with Gasteiger partial charge in [-0.3, -0.25) is 0 Å². The van der Waals surface area contributed by atoms with Crippen LogP contribution in [0.5, 0.6) is 11.5 Å². The number of amides is 2. The van der Waals surface area contributed by atoms with Gasteiger partial charge >= 0.3 is 6.03 Å². The standard InChI is InChI=1S/C20H26N2O3/c1-5-24-19-11-8-15(3)12-18(19)16(4)22-20(23)21-13-25-17-9-6-14(2)7-10-17/h6-12,16H,5,13H2,1-4H3,(H2,21,22,23). The third kappa shape index (κ3) is 5.71. The largest absolute Gasteiger partial charge is 0.494 e. The Kier molecular flexibility index (Phi) is 6.69. The molecule has 134 valence electrons. The fourth-order valence-electron chi connectivity index (χ4n) is 2.44. The molecule has 0 saturated carbocycles. The number of rotatable bonds is 7. The summed E-state index contributed by atoms with van der Waals surface area (Å²) in [5, 5.41) is 5.61. The molecule has 5 nitrogen and oxygen atoms in total. The van der Waals surface area contributed by atoms with Crippen LogP contribution >= 0.6 is 0 Å². The highest BCUT2D eigenvalue weighted by molar-refractivity contribution is 5.74. The van der Waals surface area contributed by atoms with Crippen LogP contribution in [0, 0.1) is 13.8 Å². The van der Waals surface area contributed by atoms with Gasteiger partial charge in [0.15, 0.2) is 6.73 Å². The molecule has 0 aromatic heterocycles. The third-order valence-corrected chi connectivity index (χ3v) is 3.77. The Hall–Kier alpha value is -2.69. The SMILES string of the molecule is CCOc1ccc(C)cc1C(C)NC(=O)NCOc1ccc(C)cc1. The number of hydrogen-bond donors (Lipinski definition) is 2. The second-order valence-electron chi connectivity index (χ2n) is 5.95. The van der Waals surface area contributed by atoms with Gasteiger partial charge < -0.3 is 20.1 Å². The summed E-state index contributed by atoms with van der Waals surface area (Å²) >= 11 is 0. The fraction of sp³-hybridized carbons (Fsp3) is 0.350. The van der Waals surface area contributed by atoms with E-state index in [0.29, 0.717) is 6.61 Å². The van der Waals surface area contributed by atoms with Crippen molar-refractivity contribution >= 4 is 6.03 Å². The average molecular weight is 342 g/mol. The molecule has 2 rings (SSSR count). The zero-order valence-corrected chi connectivity index (χ0v) is 15.3. The average Bonchev–Trinajstić information content (AvgIpc) is 2.58. The van der Waals surface area contributed by atoms with E-state index in [1.54, 1.807) is 0 Å². The highest BCUT2D eigenvalue weighted by atomic mass is 16.5. The number of aryl methyl sites for hydroxylation is 2. The lowest BCUT2D eigenvalue weighted by Gasteiger charge is -2.19. The smallest absolute Gasteiger partial charge is 0.317 e. The van der Waals surface area contributed by atoms with E-state index >= 15 is 0 Å². The van der Waals surface area contributed by atoms with Gasteiger partial charge in [-0.1, -0.05) is 35.4 Å². The van der Waals surface area contributed by atoms with E-state index in [4.69, 9.17) is 9.47 Å². The van der Waals surface area contributed by atoms with Gasteiger partial charge in [-0.25, -0.2) is 4.79 Å². The molecule has 0 spiro atoms. The summed E-state index contributed by atoms with van der Waals surface area (Å²) in [5.41, 5.74) is 3.24. The van der Waals surface area contributed by atoms with Gasteiger partial charge in [0, 0.05) is 5.56 Å². The first-order chi connectivity index (χ1) is 12.0. The molecule has 1 atom stereocenters. The van der Waals surface area contributed by atoms with Crippen molar-refractivity contribution in [1.82, 2.24) is 10.6 Å². The molecule has 2 aromatic rings. The number of benzene rings is 2. The van der Waals surface area contributed by atoms with E-state index < -0.39 is 0 Å². The molecule has 0 radical (unpaired) electrons. The summed E-state index contributed by atoms with van der Waals surface area (Å²) in [5.74, 6) is 1.51. The maximum absolute atomic E-state index is 12.1. The molecule has 0 bridgehead atoms. The highest BCUT2D eigenvalue weighted by Gasteiger charge is 2.14. The van der Waals surface area contributed by atoms with Gasteiger partial charge in [-0.05, 0) is 45.9 Å². The lowest BCUT2D eigenvalue weighted by Crippen LogP contribution is -2.39. The minimum Gasteiger partial charge on any atom is -0.494 e. The Balaban J connectivity index is 1.87. The van der Waals surface area contributed by atoms with Gasteiger partial charge in [0.1, 0.15) is 11.5 Å². The monoisotopic (exact) mass is 342 g/mol. The van der Waals surface area contributed by atoms with E-state index in [0.717, 1.165) is 28.2 Å². The Morgan fingerprint density at radius 1 is 1.04 bits per heavy atom. The number of urea groups is 1. The first-order valence-corrected chi connectivity index (χ1v) is 8.46. The summed E-state index contributed by atoms with van der Waals surface area (Å²) < 4.78 is 11.2. The summed E-state index contributed by atoms with van der Waals surface area (Å²) in [7, 11) is 0. The molecule has 2 amide bonds. The molecule has 2 aromatic carbocycles. The van der Waals surface area contributed by atoms with Crippen LogP contribution < -0.4 is 20.1 Å². The molecule has 0 aliphatic heterocycles. The third-order valence-electron chi connectivity index (χ3n) is 3.77. The van der Waals surface area contributed by atoms with E-state index in [1.165, 1.54) is 0 Å². The van der Waals surface area contributed by atoms with Crippen LogP contribution in [0.1, 0.15) is 36.6 Å². The normalized spacial score (nSPS) is 11.5. The Morgan fingerprint density at radius 2 is 1.72 bits per heavy atom. The number of carbonyl (C=O) groups is 1. The van der Waals surface area contributed by atoms with Crippen molar-refractivity contribution in [3.05, 3.63) is 59.2 Å². The Labute approximate surface area is 149 Å². The van der Waals surface area contributed by atoms with E-state index in [9.17, 15) is 4.79 Å². The number of hydrogen-bond acceptors (Lipinski definition) is 3. The predicted molar refractivity (Wildman–Crippen MR) is 99.1 cm³/mol. The van der Waals surface area contributed by atoms with E-state index in [-0.39, 0.29) is 18.8 Å². The molecule has 1 unspecified atom stereocenters. The maximum Gasteiger partial charge on any atom is 0.317 e. The lowest BCUT2D eigenvalue weighted by atomic mass is 10.0. The van der Waals surface area contributed by atoms with Crippen LogP contribution in [0.25, 0.3) is 0 Å². The van der Waals surface area contributed by atoms with Gasteiger partial charge in [0.05, 0.1) is 12.6 Å². The second-order valence-corrected chi connectivity index (χ2v) is 5.95. The topological polar surface area (TPSA) is 59.6 Å². The predicted octanol–water partition coefficient (Wildman–Crippen LogP) is 4.10. The van der Waals surface area contributed by atoms with E-state index in [2.05, 4.69) is 10.6 Å². The number of nitrogens with one attached hydrogen (secondary N) is 2. The number of ether oxygens (including phenoxy) is 2. The summed E-state index contributed by atoms with van der Waals surface area (Å²) in [4.78, 5) is 12.1. The summed E-state index contributed by atoms with van der Waals surface area (Å²) in [6, 6.07) is 13.2. The van der Waals surface area contributed by atoms with Crippen molar-refractivity contribution in [3.63, 3.8) is 0 Å². The van der Waals surface area contributed by atoms with Crippen LogP contribution in [0.3, 0.4) is 0 Å². The minimum absolute atomic E-state index is 0.105.